The van der Waals surface area contributed by atoms with Crippen molar-refractivity contribution < 1.29 is 14.3 Å². The summed E-state index contributed by atoms with van der Waals surface area (Å²) in [5.41, 5.74) is 3.47. The van der Waals surface area contributed by atoms with Crippen molar-refractivity contribution in [2.75, 3.05) is 0 Å². The normalized spacial score (nSPS) is 10.7. The first-order valence-corrected chi connectivity index (χ1v) is 6.99. The molecule has 0 aliphatic heterocycles. The topological polar surface area (TPSA) is 68.0 Å². The van der Waals surface area contributed by atoms with Gasteiger partial charge in [0.25, 0.3) is 5.82 Å². The van der Waals surface area contributed by atoms with Crippen LogP contribution in [0.3, 0.4) is 0 Å². The monoisotopic (exact) mass is 311 g/mol. The first-order chi connectivity index (χ1) is 11.0. The van der Waals surface area contributed by atoms with Crippen molar-refractivity contribution in [2.24, 2.45) is 0 Å². The highest BCUT2D eigenvalue weighted by Crippen LogP contribution is 2.23. The Labute approximate surface area is 132 Å². The van der Waals surface area contributed by atoms with Crippen LogP contribution < -0.4 is 0 Å². The zero-order valence-corrected chi connectivity index (χ0v) is 12.6. The summed E-state index contributed by atoms with van der Waals surface area (Å²) in [5, 5.41) is 13.2. The molecule has 0 bridgehead atoms. The van der Waals surface area contributed by atoms with Gasteiger partial charge >= 0.3 is 5.97 Å². The lowest BCUT2D eigenvalue weighted by molar-refractivity contribution is 0.0683. The summed E-state index contributed by atoms with van der Waals surface area (Å²) >= 11 is 0. The SMILES string of the molecule is Cc1ccc(-n2nc(C(=O)O)nc2-c2ccc(F)cc2)cc1C. The molecule has 0 spiro atoms. The third-order valence-electron chi connectivity index (χ3n) is 3.64. The number of rotatable bonds is 3. The Bertz CT molecular complexity index is 885. The molecule has 1 aromatic heterocycles. The summed E-state index contributed by atoms with van der Waals surface area (Å²) in [4.78, 5) is 15.3. The van der Waals surface area contributed by atoms with Crippen LogP contribution in [0.4, 0.5) is 4.39 Å². The number of aromatic nitrogens is 3. The second-order valence-corrected chi connectivity index (χ2v) is 5.25. The van der Waals surface area contributed by atoms with E-state index in [1.54, 1.807) is 12.1 Å². The van der Waals surface area contributed by atoms with Crippen LogP contribution >= 0.6 is 0 Å². The number of halogens is 1. The van der Waals surface area contributed by atoms with Gasteiger partial charge in [-0.2, -0.15) is 0 Å². The van der Waals surface area contributed by atoms with Crippen molar-refractivity contribution in [1.82, 2.24) is 14.8 Å². The molecule has 3 rings (SSSR count). The largest absolute Gasteiger partial charge is 0.475 e. The van der Waals surface area contributed by atoms with Gasteiger partial charge in [0, 0.05) is 5.56 Å². The Kier molecular flexibility index (Phi) is 3.65. The molecule has 0 aliphatic carbocycles. The minimum Gasteiger partial charge on any atom is -0.475 e. The summed E-state index contributed by atoms with van der Waals surface area (Å²) in [6.45, 7) is 3.95. The Morgan fingerprint density at radius 3 is 2.39 bits per heavy atom. The number of aromatic carboxylic acids is 1. The fraction of sp³-hybridized carbons (Fsp3) is 0.118. The molecule has 0 fully saturated rings. The number of carboxylic acid groups (broad SMARTS) is 1. The van der Waals surface area contributed by atoms with Crippen molar-refractivity contribution in [1.29, 1.82) is 0 Å². The quantitative estimate of drug-likeness (QED) is 0.805. The average Bonchev–Trinajstić information content (AvgIpc) is 2.96. The van der Waals surface area contributed by atoms with Crippen LogP contribution in [0.5, 0.6) is 0 Å². The van der Waals surface area contributed by atoms with Crippen molar-refractivity contribution in [2.45, 2.75) is 13.8 Å². The maximum atomic E-state index is 13.1. The van der Waals surface area contributed by atoms with Crippen molar-refractivity contribution in [3.8, 4) is 17.1 Å². The fourth-order valence-corrected chi connectivity index (χ4v) is 2.23. The molecule has 0 aliphatic rings. The van der Waals surface area contributed by atoms with Gasteiger partial charge in [-0.1, -0.05) is 6.07 Å². The molecule has 1 heterocycles. The molecule has 0 amide bonds. The number of carboxylic acids is 1. The van der Waals surface area contributed by atoms with E-state index in [-0.39, 0.29) is 11.6 Å². The van der Waals surface area contributed by atoms with Gasteiger partial charge in [0.1, 0.15) is 5.82 Å². The summed E-state index contributed by atoms with van der Waals surface area (Å²) in [5.74, 6) is -1.53. The molecule has 1 N–H and O–H groups in total. The Morgan fingerprint density at radius 2 is 1.78 bits per heavy atom. The zero-order chi connectivity index (χ0) is 16.6. The van der Waals surface area contributed by atoms with E-state index < -0.39 is 5.97 Å². The molecule has 0 saturated heterocycles. The second kappa shape index (κ2) is 5.64. The van der Waals surface area contributed by atoms with Gasteiger partial charge in [-0.25, -0.2) is 18.9 Å². The molecular formula is C17H14FN3O2. The van der Waals surface area contributed by atoms with Gasteiger partial charge in [0.2, 0.25) is 0 Å². The van der Waals surface area contributed by atoms with Crippen LogP contribution in [0.15, 0.2) is 42.5 Å². The molecule has 2 aromatic carbocycles. The van der Waals surface area contributed by atoms with E-state index >= 15 is 0 Å². The minimum atomic E-state index is -1.21. The van der Waals surface area contributed by atoms with Crippen LogP contribution in [0, 0.1) is 19.7 Å². The van der Waals surface area contributed by atoms with E-state index in [1.165, 1.54) is 16.8 Å². The van der Waals surface area contributed by atoms with Gasteiger partial charge in [0.05, 0.1) is 5.69 Å². The van der Waals surface area contributed by atoms with Crippen molar-refractivity contribution >= 4 is 5.97 Å². The molecule has 0 radical (unpaired) electrons. The van der Waals surface area contributed by atoms with Gasteiger partial charge < -0.3 is 5.11 Å². The van der Waals surface area contributed by atoms with E-state index in [2.05, 4.69) is 10.1 Å². The van der Waals surface area contributed by atoms with Crippen LogP contribution in [0.1, 0.15) is 21.7 Å². The molecule has 0 unspecified atom stereocenters. The fourth-order valence-electron chi connectivity index (χ4n) is 2.23. The van der Waals surface area contributed by atoms with E-state index in [9.17, 15) is 9.18 Å². The number of hydrogen-bond donors (Lipinski definition) is 1. The molecule has 0 atom stereocenters. The summed E-state index contributed by atoms with van der Waals surface area (Å²) in [6.07, 6.45) is 0. The first kappa shape index (κ1) is 14.9. The van der Waals surface area contributed by atoms with Crippen LogP contribution in [0.2, 0.25) is 0 Å². The molecule has 23 heavy (non-hydrogen) atoms. The van der Waals surface area contributed by atoms with Crippen LogP contribution in [0.25, 0.3) is 17.1 Å². The van der Waals surface area contributed by atoms with E-state index in [4.69, 9.17) is 5.11 Å². The number of aryl methyl sites for hydroxylation is 2. The van der Waals surface area contributed by atoms with Crippen LogP contribution in [-0.2, 0) is 0 Å². The van der Waals surface area contributed by atoms with Gasteiger partial charge in [0.15, 0.2) is 5.82 Å². The molecule has 0 saturated carbocycles. The molecule has 6 heteroatoms. The maximum absolute atomic E-state index is 13.1. The van der Waals surface area contributed by atoms with Gasteiger partial charge in [-0.05, 0) is 61.4 Å². The number of nitrogens with zero attached hydrogens (tertiary/aromatic N) is 3. The predicted molar refractivity (Wildman–Crippen MR) is 83.2 cm³/mol. The highest BCUT2D eigenvalue weighted by atomic mass is 19.1. The summed E-state index contributed by atoms with van der Waals surface area (Å²) < 4.78 is 14.6. The summed E-state index contributed by atoms with van der Waals surface area (Å²) in [7, 11) is 0. The maximum Gasteiger partial charge on any atom is 0.375 e. The van der Waals surface area contributed by atoms with Crippen LogP contribution in [-0.4, -0.2) is 25.8 Å². The zero-order valence-electron chi connectivity index (χ0n) is 12.6. The molecular weight excluding hydrogens is 297 g/mol. The first-order valence-electron chi connectivity index (χ1n) is 6.99. The number of benzene rings is 2. The number of carbonyl (C=O) groups is 1. The summed E-state index contributed by atoms with van der Waals surface area (Å²) in [6, 6.07) is 11.4. The van der Waals surface area contributed by atoms with E-state index in [0.29, 0.717) is 17.1 Å². The standard InChI is InChI=1S/C17H14FN3O2/c1-10-3-8-14(9-11(10)2)21-16(19-15(20-21)17(22)23)12-4-6-13(18)7-5-12/h3-9H,1-2H3,(H,22,23). The number of hydrogen-bond acceptors (Lipinski definition) is 3. The van der Waals surface area contributed by atoms with Crippen molar-refractivity contribution in [3.63, 3.8) is 0 Å². The average molecular weight is 311 g/mol. The van der Waals surface area contributed by atoms with E-state index in [1.807, 2.05) is 32.0 Å². The Balaban J connectivity index is 2.20. The Hall–Kier alpha value is -3.02. The van der Waals surface area contributed by atoms with Gasteiger partial charge in [-0.15, -0.1) is 5.10 Å². The van der Waals surface area contributed by atoms with E-state index in [0.717, 1.165) is 11.1 Å². The Morgan fingerprint density at radius 1 is 1.09 bits per heavy atom. The predicted octanol–water partition coefficient (Wildman–Crippen LogP) is 3.39. The minimum absolute atomic E-state index is 0.303. The highest BCUT2D eigenvalue weighted by Gasteiger charge is 2.18. The molecule has 116 valence electrons. The molecule has 3 aromatic rings. The lowest BCUT2D eigenvalue weighted by atomic mass is 10.1. The lowest BCUT2D eigenvalue weighted by Crippen LogP contribution is -2.03. The smallest absolute Gasteiger partial charge is 0.375 e. The third kappa shape index (κ3) is 2.83. The van der Waals surface area contributed by atoms with Crippen molar-refractivity contribution in [3.05, 3.63) is 65.2 Å². The van der Waals surface area contributed by atoms with Gasteiger partial charge in [-0.3, -0.25) is 0 Å². The highest BCUT2D eigenvalue weighted by molar-refractivity contribution is 5.84. The third-order valence-corrected chi connectivity index (χ3v) is 3.64. The lowest BCUT2D eigenvalue weighted by Gasteiger charge is -2.08. The second-order valence-electron chi connectivity index (χ2n) is 5.25. The molecule has 5 nitrogen and oxygen atoms in total.